The smallest absolute Gasteiger partial charge is 0.270 e. The topological polar surface area (TPSA) is 48.6 Å². The summed E-state index contributed by atoms with van der Waals surface area (Å²) in [5, 5.41) is 1.09. The lowest BCUT2D eigenvalue weighted by Gasteiger charge is -2.35. The number of benzene rings is 2. The SMILES string of the molecule is CCN(CC1CCCN(CCc2ccccc2OC)C1)C(=O)c1cc2ccccc2[nH]1. The molecule has 31 heavy (non-hydrogen) atoms. The molecule has 3 aromatic rings. The third kappa shape index (κ3) is 5.10. The van der Waals surface area contributed by atoms with Crippen molar-refractivity contribution in [2.75, 3.05) is 39.8 Å². The third-order valence-corrected chi connectivity index (χ3v) is 6.40. The highest BCUT2D eigenvalue weighted by Crippen LogP contribution is 2.22. The van der Waals surface area contributed by atoms with E-state index in [1.54, 1.807) is 7.11 Å². The highest BCUT2D eigenvalue weighted by atomic mass is 16.5. The fourth-order valence-electron chi connectivity index (χ4n) is 4.72. The Hall–Kier alpha value is -2.79. The van der Waals surface area contributed by atoms with Gasteiger partial charge in [0, 0.05) is 37.1 Å². The summed E-state index contributed by atoms with van der Waals surface area (Å²) in [6, 6.07) is 18.3. The van der Waals surface area contributed by atoms with Crippen LogP contribution < -0.4 is 4.74 Å². The van der Waals surface area contributed by atoms with E-state index in [9.17, 15) is 4.79 Å². The van der Waals surface area contributed by atoms with E-state index in [1.807, 2.05) is 47.4 Å². The fourth-order valence-corrected chi connectivity index (χ4v) is 4.72. The molecule has 0 saturated carbocycles. The van der Waals surface area contributed by atoms with Crippen LogP contribution in [0, 0.1) is 5.92 Å². The van der Waals surface area contributed by atoms with Gasteiger partial charge in [0.1, 0.15) is 11.4 Å². The van der Waals surface area contributed by atoms with Crippen molar-refractivity contribution in [3.8, 4) is 5.75 Å². The molecule has 1 aliphatic rings. The van der Waals surface area contributed by atoms with Crippen molar-refractivity contribution >= 4 is 16.8 Å². The zero-order valence-electron chi connectivity index (χ0n) is 18.6. The first kappa shape index (κ1) is 21.4. The number of piperidine rings is 1. The molecule has 0 radical (unpaired) electrons. The highest BCUT2D eigenvalue weighted by molar-refractivity contribution is 5.98. The average Bonchev–Trinajstić information content (AvgIpc) is 3.25. The lowest BCUT2D eigenvalue weighted by Crippen LogP contribution is -2.43. The number of fused-ring (bicyclic) bond motifs is 1. The molecule has 1 unspecified atom stereocenters. The number of likely N-dealkylation sites (tertiary alicyclic amines) is 1. The quantitative estimate of drug-likeness (QED) is 0.581. The molecule has 1 N–H and O–H groups in total. The van der Waals surface area contributed by atoms with Crippen molar-refractivity contribution in [1.82, 2.24) is 14.8 Å². The van der Waals surface area contributed by atoms with Crippen molar-refractivity contribution in [2.45, 2.75) is 26.2 Å². The third-order valence-electron chi connectivity index (χ3n) is 6.40. The number of methoxy groups -OCH3 is 1. The number of hydrogen-bond donors (Lipinski definition) is 1. The average molecular weight is 420 g/mol. The number of aromatic amines is 1. The van der Waals surface area contributed by atoms with Crippen LogP contribution in [0.25, 0.3) is 10.9 Å². The first-order chi connectivity index (χ1) is 15.2. The standard InChI is InChI=1S/C26H33N3O2/c1-3-29(26(30)24-17-22-11-4-6-12-23(22)27-24)19-20-9-8-15-28(18-20)16-14-21-10-5-7-13-25(21)31-2/h4-7,10-13,17,20,27H,3,8-9,14-16,18-19H2,1-2H3. The van der Waals surface area contributed by atoms with Gasteiger partial charge in [-0.2, -0.15) is 0 Å². The van der Waals surface area contributed by atoms with Crippen molar-refractivity contribution in [2.24, 2.45) is 5.92 Å². The van der Waals surface area contributed by atoms with Gasteiger partial charge in [0.05, 0.1) is 7.11 Å². The number of rotatable bonds is 8. The number of carbonyl (C=O) groups is 1. The Labute approximate surface area is 185 Å². The van der Waals surface area contributed by atoms with Crippen LogP contribution in [-0.2, 0) is 6.42 Å². The van der Waals surface area contributed by atoms with Gasteiger partial charge in [0.25, 0.3) is 5.91 Å². The van der Waals surface area contributed by atoms with Gasteiger partial charge in [-0.1, -0.05) is 36.4 Å². The molecular formula is C26H33N3O2. The van der Waals surface area contributed by atoms with Gasteiger partial charge >= 0.3 is 0 Å². The predicted molar refractivity (Wildman–Crippen MR) is 126 cm³/mol. The van der Waals surface area contributed by atoms with E-state index in [0.29, 0.717) is 11.6 Å². The maximum atomic E-state index is 13.1. The number of para-hydroxylation sites is 2. The largest absolute Gasteiger partial charge is 0.496 e. The Morgan fingerprint density at radius 2 is 2.00 bits per heavy atom. The molecule has 164 valence electrons. The molecule has 4 rings (SSSR count). The van der Waals surface area contributed by atoms with E-state index in [0.717, 1.165) is 55.8 Å². The number of ether oxygens (including phenoxy) is 1. The zero-order valence-corrected chi connectivity index (χ0v) is 18.6. The molecule has 0 bridgehead atoms. The van der Waals surface area contributed by atoms with Crippen molar-refractivity contribution < 1.29 is 9.53 Å². The second kappa shape index (κ2) is 10.0. The zero-order chi connectivity index (χ0) is 21.6. The van der Waals surface area contributed by atoms with E-state index in [1.165, 1.54) is 18.4 Å². The number of nitrogens with zero attached hydrogens (tertiary/aromatic N) is 2. The van der Waals surface area contributed by atoms with E-state index in [-0.39, 0.29) is 5.91 Å². The van der Waals surface area contributed by atoms with Crippen LogP contribution in [0.3, 0.4) is 0 Å². The maximum absolute atomic E-state index is 13.1. The van der Waals surface area contributed by atoms with E-state index >= 15 is 0 Å². The number of H-pyrrole nitrogens is 1. The summed E-state index contributed by atoms with van der Waals surface area (Å²) in [6.07, 6.45) is 3.36. The number of aromatic nitrogens is 1. The minimum Gasteiger partial charge on any atom is -0.496 e. The van der Waals surface area contributed by atoms with Gasteiger partial charge in [0.2, 0.25) is 0 Å². The Morgan fingerprint density at radius 1 is 1.19 bits per heavy atom. The lowest BCUT2D eigenvalue weighted by atomic mass is 9.96. The molecule has 1 aliphatic heterocycles. The summed E-state index contributed by atoms with van der Waals surface area (Å²) >= 11 is 0. The number of amides is 1. The Balaban J connectivity index is 1.35. The van der Waals surface area contributed by atoms with Gasteiger partial charge in [-0.05, 0) is 62.4 Å². The molecule has 5 nitrogen and oxygen atoms in total. The summed E-state index contributed by atoms with van der Waals surface area (Å²) in [4.78, 5) is 21.0. The Bertz CT molecular complexity index is 980. The number of carbonyl (C=O) groups excluding carboxylic acids is 1. The summed E-state index contributed by atoms with van der Waals surface area (Å²) in [7, 11) is 1.74. The molecule has 1 fully saturated rings. The highest BCUT2D eigenvalue weighted by Gasteiger charge is 2.25. The van der Waals surface area contributed by atoms with Gasteiger partial charge in [-0.25, -0.2) is 0 Å². The van der Waals surface area contributed by atoms with Crippen LogP contribution in [0.1, 0.15) is 35.8 Å². The van der Waals surface area contributed by atoms with E-state index in [4.69, 9.17) is 4.74 Å². The van der Waals surface area contributed by atoms with Gasteiger partial charge in [0.15, 0.2) is 0 Å². The van der Waals surface area contributed by atoms with Crippen molar-refractivity contribution in [3.05, 3.63) is 65.9 Å². The number of nitrogens with one attached hydrogen (secondary N) is 1. The van der Waals surface area contributed by atoms with Crippen LogP contribution >= 0.6 is 0 Å². The normalized spacial score (nSPS) is 17.0. The maximum Gasteiger partial charge on any atom is 0.270 e. The lowest BCUT2D eigenvalue weighted by molar-refractivity contribution is 0.0686. The summed E-state index contributed by atoms with van der Waals surface area (Å²) in [6.45, 7) is 6.82. The molecular weight excluding hydrogens is 386 g/mol. The van der Waals surface area contributed by atoms with E-state index < -0.39 is 0 Å². The van der Waals surface area contributed by atoms with Crippen molar-refractivity contribution in [1.29, 1.82) is 0 Å². The minimum atomic E-state index is 0.102. The van der Waals surface area contributed by atoms with Gasteiger partial charge in [-0.3, -0.25) is 4.79 Å². The minimum absolute atomic E-state index is 0.102. The summed E-state index contributed by atoms with van der Waals surface area (Å²) in [5.74, 6) is 1.58. The summed E-state index contributed by atoms with van der Waals surface area (Å²) < 4.78 is 5.50. The molecule has 2 aromatic carbocycles. The van der Waals surface area contributed by atoms with Crippen LogP contribution in [-0.4, -0.2) is 60.5 Å². The first-order valence-electron chi connectivity index (χ1n) is 11.4. The molecule has 2 heterocycles. The first-order valence-corrected chi connectivity index (χ1v) is 11.4. The molecule has 1 atom stereocenters. The summed E-state index contributed by atoms with van der Waals surface area (Å²) in [5.41, 5.74) is 2.96. The molecule has 1 amide bonds. The van der Waals surface area contributed by atoms with Crippen LogP contribution in [0.2, 0.25) is 0 Å². The van der Waals surface area contributed by atoms with Gasteiger partial charge in [-0.15, -0.1) is 0 Å². The van der Waals surface area contributed by atoms with Crippen molar-refractivity contribution in [3.63, 3.8) is 0 Å². The van der Waals surface area contributed by atoms with E-state index in [2.05, 4.69) is 28.9 Å². The molecule has 1 saturated heterocycles. The Morgan fingerprint density at radius 3 is 2.81 bits per heavy atom. The second-order valence-corrected chi connectivity index (χ2v) is 8.48. The van der Waals surface area contributed by atoms with Crippen LogP contribution in [0.15, 0.2) is 54.6 Å². The molecule has 5 heteroatoms. The van der Waals surface area contributed by atoms with Crippen LogP contribution in [0.5, 0.6) is 5.75 Å². The molecule has 1 aromatic heterocycles. The number of hydrogen-bond acceptors (Lipinski definition) is 3. The Kier molecular flexibility index (Phi) is 6.92. The molecule has 0 spiro atoms. The van der Waals surface area contributed by atoms with Crippen LogP contribution in [0.4, 0.5) is 0 Å². The monoisotopic (exact) mass is 419 g/mol. The second-order valence-electron chi connectivity index (χ2n) is 8.48. The molecule has 0 aliphatic carbocycles. The van der Waals surface area contributed by atoms with Gasteiger partial charge < -0.3 is 19.5 Å². The predicted octanol–water partition coefficient (Wildman–Crippen LogP) is 4.59. The fraction of sp³-hybridized carbons (Fsp3) is 0.423.